The summed E-state index contributed by atoms with van der Waals surface area (Å²) in [5.41, 5.74) is 7.72. The number of piperidine rings is 1. The first-order valence-electron chi connectivity index (χ1n) is 7.05. The molecular weight excluding hydrogens is 224 g/mol. The topological polar surface area (TPSA) is 55.0 Å². The summed E-state index contributed by atoms with van der Waals surface area (Å²) in [4.78, 5) is 11.5. The number of hydrogen-bond donors (Lipinski definition) is 1. The Morgan fingerprint density at radius 2 is 2.28 bits per heavy atom. The molecule has 0 saturated carbocycles. The average Bonchev–Trinajstić information content (AvgIpc) is 2.40. The molecule has 0 amide bonds. The summed E-state index contributed by atoms with van der Waals surface area (Å²) in [6.07, 6.45) is 8.20. The molecule has 4 nitrogen and oxygen atoms in total. The molecule has 1 saturated heterocycles. The van der Waals surface area contributed by atoms with E-state index in [0.29, 0.717) is 12.6 Å². The van der Waals surface area contributed by atoms with Crippen molar-refractivity contribution >= 4 is 5.95 Å². The Hall–Kier alpha value is -1.16. The molecule has 18 heavy (non-hydrogen) atoms. The van der Waals surface area contributed by atoms with E-state index in [1.807, 2.05) is 13.1 Å². The highest BCUT2D eigenvalue weighted by molar-refractivity contribution is 5.35. The fourth-order valence-corrected chi connectivity index (χ4v) is 2.72. The second-order valence-electron chi connectivity index (χ2n) is 5.12. The van der Waals surface area contributed by atoms with Gasteiger partial charge in [-0.1, -0.05) is 13.3 Å². The van der Waals surface area contributed by atoms with E-state index < -0.39 is 0 Å². The van der Waals surface area contributed by atoms with Crippen LogP contribution in [0, 0.1) is 6.92 Å². The van der Waals surface area contributed by atoms with E-state index in [4.69, 9.17) is 5.73 Å². The third kappa shape index (κ3) is 2.80. The molecule has 1 atom stereocenters. The summed E-state index contributed by atoms with van der Waals surface area (Å²) >= 11 is 0. The van der Waals surface area contributed by atoms with Gasteiger partial charge in [0.15, 0.2) is 0 Å². The van der Waals surface area contributed by atoms with Crippen molar-refractivity contribution in [3.05, 3.63) is 17.5 Å². The van der Waals surface area contributed by atoms with Gasteiger partial charge in [-0.15, -0.1) is 0 Å². The first-order chi connectivity index (χ1) is 8.76. The van der Waals surface area contributed by atoms with Gasteiger partial charge >= 0.3 is 0 Å². The molecule has 1 unspecified atom stereocenters. The molecule has 2 heterocycles. The smallest absolute Gasteiger partial charge is 0.225 e. The first kappa shape index (κ1) is 13.3. The fraction of sp³-hybridized carbons (Fsp3) is 0.714. The minimum Gasteiger partial charge on any atom is -0.338 e. The van der Waals surface area contributed by atoms with E-state index in [2.05, 4.69) is 21.8 Å². The highest BCUT2D eigenvalue weighted by Gasteiger charge is 2.23. The van der Waals surface area contributed by atoms with Gasteiger partial charge in [-0.25, -0.2) is 9.97 Å². The van der Waals surface area contributed by atoms with Gasteiger partial charge in [0.05, 0.1) is 0 Å². The monoisotopic (exact) mass is 248 g/mol. The molecule has 1 aliphatic rings. The molecule has 2 N–H and O–H groups in total. The van der Waals surface area contributed by atoms with Crippen LogP contribution in [0.4, 0.5) is 5.95 Å². The quantitative estimate of drug-likeness (QED) is 0.889. The van der Waals surface area contributed by atoms with Crippen molar-refractivity contribution < 1.29 is 0 Å². The van der Waals surface area contributed by atoms with Crippen LogP contribution in [0.3, 0.4) is 0 Å². The van der Waals surface area contributed by atoms with Gasteiger partial charge in [0.1, 0.15) is 0 Å². The van der Waals surface area contributed by atoms with Crippen molar-refractivity contribution in [2.24, 2.45) is 5.73 Å². The van der Waals surface area contributed by atoms with Crippen LogP contribution in [0.25, 0.3) is 0 Å². The van der Waals surface area contributed by atoms with Crippen molar-refractivity contribution in [2.45, 2.75) is 58.5 Å². The van der Waals surface area contributed by atoms with E-state index in [9.17, 15) is 0 Å². The van der Waals surface area contributed by atoms with Gasteiger partial charge in [0.25, 0.3) is 0 Å². The Morgan fingerprint density at radius 1 is 1.44 bits per heavy atom. The van der Waals surface area contributed by atoms with Crippen molar-refractivity contribution in [1.82, 2.24) is 9.97 Å². The summed E-state index contributed by atoms with van der Waals surface area (Å²) in [6, 6.07) is 0.617. The van der Waals surface area contributed by atoms with Crippen LogP contribution in [0.2, 0.25) is 0 Å². The first-order valence-corrected chi connectivity index (χ1v) is 7.05. The van der Waals surface area contributed by atoms with Crippen LogP contribution in [0.15, 0.2) is 6.20 Å². The summed E-state index contributed by atoms with van der Waals surface area (Å²) in [5.74, 6) is 0.892. The number of hydrogen-bond acceptors (Lipinski definition) is 4. The van der Waals surface area contributed by atoms with E-state index >= 15 is 0 Å². The van der Waals surface area contributed by atoms with Gasteiger partial charge in [0.2, 0.25) is 5.95 Å². The SMILES string of the molecule is CCCC1CCCCN1c1ncc(CN)c(C)n1. The van der Waals surface area contributed by atoms with E-state index in [0.717, 1.165) is 23.8 Å². The zero-order chi connectivity index (χ0) is 13.0. The summed E-state index contributed by atoms with van der Waals surface area (Å²) in [7, 11) is 0. The van der Waals surface area contributed by atoms with Gasteiger partial charge in [-0.2, -0.15) is 0 Å². The molecular formula is C14H24N4. The van der Waals surface area contributed by atoms with E-state index in [1.165, 1.54) is 32.1 Å². The predicted octanol–water partition coefficient (Wildman–Crippen LogP) is 2.40. The molecule has 1 fully saturated rings. The van der Waals surface area contributed by atoms with Crippen molar-refractivity contribution in [3.63, 3.8) is 0 Å². The number of nitrogens with zero attached hydrogens (tertiary/aromatic N) is 3. The Kier molecular flexibility index (Phi) is 4.53. The Morgan fingerprint density at radius 3 is 2.94 bits per heavy atom. The number of rotatable bonds is 4. The zero-order valence-corrected chi connectivity index (χ0v) is 11.5. The lowest BCUT2D eigenvalue weighted by atomic mass is 9.99. The van der Waals surface area contributed by atoms with Crippen LogP contribution < -0.4 is 10.6 Å². The van der Waals surface area contributed by atoms with Gasteiger partial charge in [-0.3, -0.25) is 0 Å². The standard InChI is InChI=1S/C14H24N4/c1-3-6-13-7-4-5-8-18(13)14-16-10-12(9-15)11(2)17-14/h10,13H,3-9,15H2,1-2H3. The van der Waals surface area contributed by atoms with E-state index in [-0.39, 0.29) is 0 Å². The van der Waals surface area contributed by atoms with Gasteiger partial charge in [-0.05, 0) is 32.6 Å². The lowest BCUT2D eigenvalue weighted by molar-refractivity contribution is 0.428. The third-order valence-electron chi connectivity index (χ3n) is 3.79. The lowest BCUT2D eigenvalue weighted by Crippen LogP contribution is -2.40. The van der Waals surface area contributed by atoms with Crippen LogP contribution in [0.1, 0.15) is 50.3 Å². The highest BCUT2D eigenvalue weighted by Crippen LogP contribution is 2.25. The Labute approximate surface area is 110 Å². The fourth-order valence-electron chi connectivity index (χ4n) is 2.72. The summed E-state index contributed by atoms with van der Waals surface area (Å²) in [6.45, 7) is 5.87. The second-order valence-corrected chi connectivity index (χ2v) is 5.12. The number of aryl methyl sites for hydroxylation is 1. The number of anilines is 1. The minimum atomic E-state index is 0.518. The molecule has 0 aromatic carbocycles. The Balaban J connectivity index is 2.19. The molecule has 2 rings (SSSR count). The molecule has 0 spiro atoms. The van der Waals surface area contributed by atoms with Crippen LogP contribution in [-0.2, 0) is 6.54 Å². The van der Waals surface area contributed by atoms with Gasteiger partial charge < -0.3 is 10.6 Å². The molecule has 4 heteroatoms. The van der Waals surface area contributed by atoms with Crippen LogP contribution >= 0.6 is 0 Å². The minimum absolute atomic E-state index is 0.518. The second kappa shape index (κ2) is 6.14. The molecule has 1 aliphatic heterocycles. The average molecular weight is 248 g/mol. The molecule has 0 bridgehead atoms. The Bertz CT molecular complexity index is 389. The van der Waals surface area contributed by atoms with Crippen molar-refractivity contribution in [1.29, 1.82) is 0 Å². The molecule has 100 valence electrons. The molecule has 1 aromatic rings. The third-order valence-corrected chi connectivity index (χ3v) is 3.79. The maximum Gasteiger partial charge on any atom is 0.225 e. The molecule has 0 radical (unpaired) electrons. The maximum atomic E-state index is 5.66. The zero-order valence-electron chi connectivity index (χ0n) is 11.5. The number of aromatic nitrogens is 2. The highest BCUT2D eigenvalue weighted by atomic mass is 15.3. The molecule has 0 aliphatic carbocycles. The number of nitrogens with two attached hydrogens (primary N) is 1. The molecule has 1 aromatic heterocycles. The maximum absolute atomic E-state index is 5.66. The van der Waals surface area contributed by atoms with Crippen molar-refractivity contribution in [3.8, 4) is 0 Å². The van der Waals surface area contributed by atoms with Crippen LogP contribution in [-0.4, -0.2) is 22.6 Å². The van der Waals surface area contributed by atoms with Crippen molar-refractivity contribution in [2.75, 3.05) is 11.4 Å². The van der Waals surface area contributed by atoms with Crippen LogP contribution in [0.5, 0.6) is 0 Å². The normalized spacial score (nSPS) is 20.2. The largest absolute Gasteiger partial charge is 0.338 e. The lowest BCUT2D eigenvalue weighted by Gasteiger charge is -2.36. The summed E-state index contributed by atoms with van der Waals surface area (Å²) < 4.78 is 0. The predicted molar refractivity (Wildman–Crippen MR) is 74.6 cm³/mol. The van der Waals surface area contributed by atoms with Gasteiger partial charge in [0, 0.05) is 36.6 Å². The van der Waals surface area contributed by atoms with E-state index in [1.54, 1.807) is 0 Å². The summed E-state index contributed by atoms with van der Waals surface area (Å²) in [5, 5.41) is 0.